The number of nitrogens with zero attached hydrogens (tertiary/aromatic N) is 1. The van der Waals surface area contributed by atoms with Crippen molar-refractivity contribution in [3.63, 3.8) is 0 Å². The average molecular weight is 501 g/mol. The molecule has 1 fully saturated rings. The lowest BCUT2D eigenvalue weighted by Gasteiger charge is -2.39. The number of carbonyl (C=O) groups excluding carboxylic acids is 1. The van der Waals surface area contributed by atoms with E-state index in [1.165, 1.54) is 12.1 Å². The highest BCUT2D eigenvalue weighted by Crippen LogP contribution is 2.48. The molecule has 36 heavy (non-hydrogen) atoms. The zero-order valence-electron chi connectivity index (χ0n) is 19.8. The van der Waals surface area contributed by atoms with Crippen LogP contribution in [0, 0.1) is 6.92 Å². The molecule has 1 saturated heterocycles. The molecular weight excluding hydrogens is 473 g/mol. The minimum absolute atomic E-state index is 0.0532. The second-order valence-electron chi connectivity index (χ2n) is 8.82. The quantitative estimate of drug-likeness (QED) is 0.468. The molecule has 190 valence electrons. The van der Waals surface area contributed by atoms with Crippen molar-refractivity contribution in [1.29, 1.82) is 0 Å². The van der Waals surface area contributed by atoms with Crippen molar-refractivity contribution in [2.45, 2.75) is 38.0 Å². The first-order valence-electron chi connectivity index (χ1n) is 11.6. The van der Waals surface area contributed by atoms with E-state index in [9.17, 15) is 23.1 Å². The molecule has 3 N–H and O–H groups in total. The van der Waals surface area contributed by atoms with Crippen LogP contribution in [0.25, 0.3) is 22.3 Å². The smallest absolute Gasteiger partial charge is 0.433 e. The zero-order valence-corrected chi connectivity index (χ0v) is 19.8. The summed E-state index contributed by atoms with van der Waals surface area (Å²) in [4.78, 5) is 15.9. The van der Waals surface area contributed by atoms with E-state index >= 15 is 0 Å². The number of hydrogen-bond acceptors (Lipinski definition) is 5. The van der Waals surface area contributed by atoms with Gasteiger partial charge in [-0.05, 0) is 24.1 Å². The Labute approximate surface area is 206 Å². The topological polar surface area (TPSA) is 94.7 Å². The molecule has 2 aromatic carbocycles. The Kier molecular flexibility index (Phi) is 7.33. The van der Waals surface area contributed by atoms with Crippen LogP contribution in [0.2, 0.25) is 0 Å². The van der Waals surface area contributed by atoms with Crippen molar-refractivity contribution in [1.82, 2.24) is 4.98 Å². The third kappa shape index (κ3) is 5.08. The third-order valence-corrected chi connectivity index (χ3v) is 6.47. The molecule has 1 aliphatic rings. The van der Waals surface area contributed by atoms with Gasteiger partial charge < -0.3 is 20.3 Å². The van der Waals surface area contributed by atoms with Crippen molar-refractivity contribution in [2.24, 2.45) is 5.73 Å². The Morgan fingerprint density at radius 1 is 1.11 bits per heavy atom. The van der Waals surface area contributed by atoms with E-state index in [1.54, 1.807) is 6.07 Å². The van der Waals surface area contributed by atoms with Gasteiger partial charge in [0.2, 0.25) is 5.91 Å². The van der Waals surface area contributed by atoms with Crippen molar-refractivity contribution in [2.75, 3.05) is 19.8 Å². The van der Waals surface area contributed by atoms with Crippen molar-refractivity contribution >= 4 is 5.91 Å². The van der Waals surface area contributed by atoms with E-state index < -0.39 is 28.9 Å². The lowest BCUT2D eigenvalue weighted by Crippen LogP contribution is -2.43. The first-order valence-corrected chi connectivity index (χ1v) is 11.6. The molecule has 3 aromatic rings. The molecule has 0 spiro atoms. The monoisotopic (exact) mass is 500 g/mol. The summed E-state index contributed by atoms with van der Waals surface area (Å²) >= 11 is 0. The lowest BCUT2D eigenvalue weighted by atomic mass is 9.87. The maximum absolute atomic E-state index is 14.2. The number of hydrogen-bond donors (Lipinski definition) is 2. The molecule has 1 amide bonds. The predicted octanol–water partition coefficient (Wildman–Crippen LogP) is 5.15. The molecule has 0 saturated carbocycles. The van der Waals surface area contributed by atoms with Crippen LogP contribution in [0.4, 0.5) is 13.2 Å². The molecule has 1 aliphatic heterocycles. The number of aliphatic hydroxyl groups excluding tert-OH is 1. The van der Waals surface area contributed by atoms with Crippen LogP contribution in [0.5, 0.6) is 5.75 Å². The summed E-state index contributed by atoms with van der Waals surface area (Å²) in [5.74, 6) is -0.834. The van der Waals surface area contributed by atoms with Gasteiger partial charge in [-0.3, -0.25) is 9.78 Å². The van der Waals surface area contributed by atoms with Crippen molar-refractivity contribution in [3.05, 3.63) is 71.5 Å². The first kappa shape index (κ1) is 25.7. The van der Waals surface area contributed by atoms with Crippen molar-refractivity contribution < 1.29 is 32.5 Å². The second-order valence-corrected chi connectivity index (χ2v) is 8.82. The number of pyridine rings is 1. The fraction of sp³-hybridized carbons (Fsp3) is 0.333. The van der Waals surface area contributed by atoms with E-state index in [2.05, 4.69) is 4.98 Å². The van der Waals surface area contributed by atoms with Gasteiger partial charge in [-0.2, -0.15) is 13.2 Å². The van der Waals surface area contributed by atoms with Crippen LogP contribution in [0.15, 0.2) is 54.7 Å². The maximum atomic E-state index is 14.2. The van der Waals surface area contributed by atoms with Crippen LogP contribution in [0.1, 0.15) is 40.9 Å². The molecule has 4 rings (SSSR count). The molecule has 0 aliphatic carbocycles. The molecule has 1 aromatic heterocycles. The van der Waals surface area contributed by atoms with Gasteiger partial charge in [0.15, 0.2) is 5.69 Å². The molecule has 0 atom stereocenters. The Hall–Kier alpha value is -3.43. The number of aryl methyl sites for hydroxylation is 1. The van der Waals surface area contributed by atoms with Gasteiger partial charge >= 0.3 is 6.18 Å². The molecular formula is C27H27F3N2O4. The Bertz CT molecular complexity index is 1230. The molecule has 0 unspecified atom stereocenters. The number of benzene rings is 2. The first-order chi connectivity index (χ1) is 17.2. The molecule has 0 bridgehead atoms. The normalized spacial score (nSPS) is 15.5. The average Bonchev–Trinajstić information content (AvgIpc) is 2.84. The minimum Gasteiger partial charge on any atom is -0.486 e. The second kappa shape index (κ2) is 10.3. The van der Waals surface area contributed by atoms with E-state index in [0.29, 0.717) is 31.6 Å². The fourth-order valence-corrected chi connectivity index (χ4v) is 4.67. The van der Waals surface area contributed by atoms with Gasteiger partial charge in [-0.15, -0.1) is 0 Å². The summed E-state index contributed by atoms with van der Waals surface area (Å²) in [6.07, 6.45) is -2.78. The lowest BCUT2D eigenvalue weighted by molar-refractivity contribution is -0.140. The largest absolute Gasteiger partial charge is 0.486 e. The minimum atomic E-state index is -4.85. The number of aliphatic hydroxyl groups is 1. The third-order valence-electron chi connectivity index (χ3n) is 6.47. The molecule has 2 heterocycles. The summed E-state index contributed by atoms with van der Waals surface area (Å²) in [5.41, 5.74) is 4.83. The number of amides is 1. The fourth-order valence-electron chi connectivity index (χ4n) is 4.67. The number of rotatable bonds is 7. The van der Waals surface area contributed by atoms with Crippen LogP contribution >= 0.6 is 0 Å². The van der Waals surface area contributed by atoms with Gasteiger partial charge in [-0.1, -0.05) is 42.5 Å². The van der Waals surface area contributed by atoms with Crippen LogP contribution in [0.3, 0.4) is 0 Å². The number of primary amides is 1. The maximum Gasteiger partial charge on any atom is 0.433 e. The Morgan fingerprint density at radius 3 is 2.42 bits per heavy atom. The predicted molar refractivity (Wildman–Crippen MR) is 128 cm³/mol. The highest BCUT2D eigenvalue weighted by Gasteiger charge is 2.40. The number of carbonyl (C=O) groups is 1. The van der Waals surface area contributed by atoms with Gasteiger partial charge in [0.1, 0.15) is 11.4 Å². The van der Waals surface area contributed by atoms with Gasteiger partial charge in [0.05, 0.1) is 18.8 Å². The molecule has 9 heteroatoms. The summed E-state index contributed by atoms with van der Waals surface area (Å²) < 4.78 is 54.6. The number of alkyl halides is 3. The van der Waals surface area contributed by atoms with Crippen LogP contribution in [-0.2, 0) is 10.9 Å². The molecule has 0 radical (unpaired) electrons. The summed E-state index contributed by atoms with van der Waals surface area (Å²) in [7, 11) is 0. The molecule has 6 nitrogen and oxygen atoms in total. The van der Waals surface area contributed by atoms with Gasteiger partial charge in [-0.25, -0.2) is 0 Å². The summed E-state index contributed by atoms with van der Waals surface area (Å²) in [5, 5.41) is 9.82. The number of halogens is 3. The Balaban J connectivity index is 2.07. The van der Waals surface area contributed by atoms with E-state index in [4.69, 9.17) is 15.2 Å². The summed E-state index contributed by atoms with van der Waals surface area (Å²) in [6, 6.07) is 13.5. The number of nitrogens with two attached hydrogens (primary N) is 1. The van der Waals surface area contributed by atoms with Crippen LogP contribution in [-0.4, -0.2) is 41.4 Å². The van der Waals surface area contributed by atoms with Gasteiger partial charge in [0, 0.05) is 48.8 Å². The van der Waals surface area contributed by atoms with E-state index in [0.717, 1.165) is 17.3 Å². The Morgan fingerprint density at radius 2 is 1.81 bits per heavy atom. The summed E-state index contributed by atoms with van der Waals surface area (Å²) in [6.45, 7) is 2.43. The van der Waals surface area contributed by atoms with E-state index in [-0.39, 0.29) is 29.9 Å². The van der Waals surface area contributed by atoms with E-state index in [1.807, 2.05) is 37.3 Å². The standard InChI is InChI=1S/C27H27F3N2O4/c1-17-7-8-19(22-20(25(31)34)9-13-32-24(22)27(28,29)30)23(21(17)18-5-3-2-4-6-18)36-26(10-14-33)11-15-35-16-12-26/h2-9,13,33H,10-12,14-16H2,1H3,(H2,31,34). The zero-order chi connectivity index (χ0) is 25.9. The number of aromatic nitrogens is 1. The number of ether oxygens (including phenoxy) is 2. The van der Waals surface area contributed by atoms with Crippen LogP contribution < -0.4 is 10.5 Å². The van der Waals surface area contributed by atoms with Crippen molar-refractivity contribution in [3.8, 4) is 28.0 Å². The SMILES string of the molecule is Cc1ccc(-c2c(C(N)=O)ccnc2C(F)(F)F)c(OC2(CCO)CCOCC2)c1-c1ccccc1. The van der Waals surface area contributed by atoms with Gasteiger partial charge in [0.25, 0.3) is 0 Å². The highest BCUT2D eigenvalue weighted by atomic mass is 19.4. The highest BCUT2D eigenvalue weighted by molar-refractivity contribution is 6.02.